The van der Waals surface area contributed by atoms with Crippen LogP contribution < -0.4 is 5.32 Å². The molecule has 2 aromatic rings. The number of nitrogens with one attached hydrogen (secondary N) is 1. The largest absolute Gasteiger partial charge is 0.435 e. The molecule has 1 N–H and O–H groups in total. The molecule has 1 aliphatic rings. The number of aryl methyl sites for hydroxylation is 2. The van der Waals surface area contributed by atoms with E-state index in [1.807, 2.05) is 0 Å². The molecule has 1 fully saturated rings. The van der Waals surface area contributed by atoms with Crippen LogP contribution in [0.25, 0.3) is 0 Å². The van der Waals surface area contributed by atoms with Crippen molar-refractivity contribution >= 4 is 11.6 Å². The minimum Gasteiger partial charge on any atom is -0.350 e. The average molecular weight is 400 g/mol. The van der Waals surface area contributed by atoms with Crippen LogP contribution in [0.1, 0.15) is 52.8 Å². The van der Waals surface area contributed by atoms with Gasteiger partial charge in [0.25, 0.3) is 5.91 Å². The number of rotatable bonds is 7. The van der Waals surface area contributed by atoms with E-state index in [0.29, 0.717) is 12.1 Å². The number of aromatic nitrogens is 4. The summed E-state index contributed by atoms with van der Waals surface area (Å²) in [4.78, 5) is 22.7. The predicted molar refractivity (Wildman–Crippen MR) is 90.8 cm³/mol. The Balaban J connectivity index is 1.61. The number of carbonyl (C=O) groups excluding carboxylic acids is 1. The van der Waals surface area contributed by atoms with Gasteiger partial charge in [-0.05, 0) is 32.3 Å². The lowest BCUT2D eigenvalue weighted by Gasteiger charge is -2.07. The van der Waals surface area contributed by atoms with Crippen molar-refractivity contribution in [1.29, 1.82) is 0 Å². The molecular weight excluding hydrogens is 381 g/mol. The van der Waals surface area contributed by atoms with Gasteiger partial charge in [0.1, 0.15) is 5.69 Å². The zero-order valence-corrected chi connectivity index (χ0v) is 15.3. The van der Waals surface area contributed by atoms with E-state index in [9.17, 15) is 28.1 Å². The molecule has 1 saturated carbocycles. The highest BCUT2D eigenvalue weighted by Gasteiger charge is 2.37. The summed E-state index contributed by atoms with van der Waals surface area (Å²) in [5, 5.41) is 21.2. The van der Waals surface area contributed by atoms with E-state index < -0.39 is 22.7 Å². The van der Waals surface area contributed by atoms with Gasteiger partial charge >= 0.3 is 11.9 Å². The smallest absolute Gasteiger partial charge is 0.350 e. The van der Waals surface area contributed by atoms with E-state index in [1.54, 1.807) is 0 Å². The second kappa shape index (κ2) is 7.24. The number of nitrogens with zero attached hydrogens (tertiary/aromatic N) is 5. The van der Waals surface area contributed by atoms with E-state index in [2.05, 4.69) is 15.5 Å². The third-order valence-electron chi connectivity index (χ3n) is 4.63. The molecule has 0 spiro atoms. The summed E-state index contributed by atoms with van der Waals surface area (Å²) in [5.41, 5.74) is -0.770. The standard InChI is InChI=1S/C16H19F3N6O3/c1-9-14(25(27)28)13(22-23(9)2)15(26)20-6-3-7-24-11(10-4-5-10)8-12(21-24)16(17,18)19/h8,10H,3-7H2,1-2H3,(H,20,26). The molecule has 12 heteroatoms. The SMILES string of the molecule is Cc1c([N+](=O)[O-])c(C(=O)NCCCn2nc(C(F)(F)F)cc2C2CC2)nn1C. The minimum absolute atomic E-state index is 0.0948. The van der Waals surface area contributed by atoms with Crippen molar-refractivity contribution in [3.63, 3.8) is 0 Å². The van der Waals surface area contributed by atoms with Crippen molar-refractivity contribution in [3.8, 4) is 0 Å². The number of halogens is 3. The summed E-state index contributed by atoms with van der Waals surface area (Å²) < 4.78 is 41.2. The van der Waals surface area contributed by atoms with Gasteiger partial charge in [0.05, 0.1) is 4.92 Å². The quantitative estimate of drug-likeness (QED) is 0.437. The molecule has 28 heavy (non-hydrogen) atoms. The molecule has 0 radical (unpaired) electrons. The summed E-state index contributed by atoms with van der Waals surface area (Å²) in [6, 6.07) is 1.08. The number of hydrogen-bond acceptors (Lipinski definition) is 5. The fraction of sp³-hybridized carbons (Fsp3) is 0.562. The molecule has 152 valence electrons. The van der Waals surface area contributed by atoms with Crippen LogP contribution in [0.3, 0.4) is 0 Å². The molecular formula is C16H19F3N6O3. The number of nitro groups is 1. The van der Waals surface area contributed by atoms with Crippen LogP contribution in [0.15, 0.2) is 6.07 Å². The highest BCUT2D eigenvalue weighted by atomic mass is 19.4. The molecule has 0 atom stereocenters. The predicted octanol–water partition coefficient (Wildman–Crippen LogP) is 2.55. The maximum absolute atomic E-state index is 12.9. The van der Waals surface area contributed by atoms with E-state index in [0.717, 1.165) is 18.9 Å². The third kappa shape index (κ3) is 3.99. The average Bonchev–Trinajstić information content (AvgIpc) is 3.27. The number of hydrogen-bond donors (Lipinski definition) is 1. The number of amides is 1. The summed E-state index contributed by atoms with van der Waals surface area (Å²) in [6.45, 7) is 1.81. The first kappa shape index (κ1) is 19.8. The maximum Gasteiger partial charge on any atom is 0.435 e. The van der Waals surface area contributed by atoms with Crippen molar-refractivity contribution in [2.45, 2.75) is 44.8 Å². The second-order valence-corrected chi connectivity index (χ2v) is 6.72. The minimum atomic E-state index is -4.50. The Labute approximate surface area is 157 Å². The van der Waals surface area contributed by atoms with Crippen molar-refractivity contribution in [2.75, 3.05) is 6.54 Å². The van der Waals surface area contributed by atoms with Crippen LogP contribution in [-0.4, -0.2) is 36.9 Å². The van der Waals surface area contributed by atoms with Gasteiger partial charge in [-0.3, -0.25) is 24.3 Å². The van der Waals surface area contributed by atoms with Crippen LogP contribution in [0.4, 0.5) is 18.9 Å². The molecule has 2 heterocycles. The van der Waals surface area contributed by atoms with Crippen LogP contribution in [0.5, 0.6) is 0 Å². The fourth-order valence-corrected chi connectivity index (χ4v) is 2.94. The summed E-state index contributed by atoms with van der Waals surface area (Å²) in [6.07, 6.45) is -2.51. The lowest BCUT2D eigenvalue weighted by atomic mass is 10.2. The summed E-state index contributed by atoms with van der Waals surface area (Å²) in [5.74, 6) is -0.605. The lowest BCUT2D eigenvalue weighted by Crippen LogP contribution is -2.26. The van der Waals surface area contributed by atoms with Gasteiger partial charge in [-0.25, -0.2) is 0 Å². The number of carbonyl (C=O) groups is 1. The van der Waals surface area contributed by atoms with Gasteiger partial charge in [0.15, 0.2) is 5.69 Å². The maximum atomic E-state index is 12.9. The molecule has 3 rings (SSSR count). The Kier molecular flexibility index (Phi) is 5.13. The number of alkyl halides is 3. The Morgan fingerprint density at radius 2 is 2.07 bits per heavy atom. The second-order valence-electron chi connectivity index (χ2n) is 6.72. The van der Waals surface area contributed by atoms with Gasteiger partial charge in [0, 0.05) is 31.7 Å². The first-order chi connectivity index (χ1) is 13.1. The Hall–Kier alpha value is -2.92. The van der Waals surface area contributed by atoms with Crippen molar-refractivity contribution in [1.82, 2.24) is 24.9 Å². The molecule has 9 nitrogen and oxygen atoms in total. The van der Waals surface area contributed by atoms with E-state index in [4.69, 9.17) is 0 Å². The van der Waals surface area contributed by atoms with Crippen LogP contribution in [-0.2, 0) is 19.8 Å². The molecule has 2 aromatic heterocycles. The molecule has 0 unspecified atom stereocenters. The van der Waals surface area contributed by atoms with Gasteiger partial charge in [-0.15, -0.1) is 0 Å². The van der Waals surface area contributed by atoms with Crippen LogP contribution in [0, 0.1) is 17.0 Å². The highest BCUT2D eigenvalue weighted by Crippen LogP contribution is 2.42. The van der Waals surface area contributed by atoms with Crippen molar-refractivity contribution < 1.29 is 22.9 Å². The Bertz CT molecular complexity index is 914. The first-order valence-corrected chi connectivity index (χ1v) is 8.70. The van der Waals surface area contributed by atoms with Crippen LogP contribution >= 0.6 is 0 Å². The molecule has 0 saturated heterocycles. The highest BCUT2D eigenvalue weighted by molar-refractivity contribution is 5.96. The zero-order valence-electron chi connectivity index (χ0n) is 15.3. The molecule has 0 aliphatic heterocycles. The normalized spacial score (nSPS) is 14.3. The Morgan fingerprint density at radius 3 is 2.64 bits per heavy atom. The zero-order chi connectivity index (χ0) is 20.6. The van der Waals surface area contributed by atoms with E-state index in [-0.39, 0.29) is 36.1 Å². The fourth-order valence-electron chi connectivity index (χ4n) is 2.94. The first-order valence-electron chi connectivity index (χ1n) is 8.70. The molecule has 0 aromatic carbocycles. The molecule has 1 amide bonds. The van der Waals surface area contributed by atoms with Crippen molar-refractivity contribution in [3.05, 3.63) is 39.0 Å². The van der Waals surface area contributed by atoms with Gasteiger partial charge in [0.2, 0.25) is 5.69 Å². The lowest BCUT2D eigenvalue weighted by molar-refractivity contribution is -0.385. The monoisotopic (exact) mass is 400 g/mol. The van der Waals surface area contributed by atoms with Gasteiger partial charge in [-0.2, -0.15) is 23.4 Å². The third-order valence-corrected chi connectivity index (χ3v) is 4.63. The van der Waals surface area contributed by atoms with Gasteiger partial charge in [-0.1, -0.05) is 0 Å². The Morgan fingerprint density at radius 1 is 1.39 bits per heavy atom. The van der Waals surface area contributed by atoms with E-state index in [1.165, 1.54) is 23.3 Å². The topological polar surface area (TPSA) is 108 Å². The van der Waals surface area contributed by atoms with Crippen LogP contribution in [0.2, 0.25) is 0 Å². The van der Waals surface area contributed by atoms with E-state index >= 15 is 0 Å². The summed E-state index contributed by atoms with van der Waals surface area (Å²) >= 11 is 0. The van der Waals surface area contributed by atoms with Crippen molar-refractivity contribution in [2.24, 2.45) is 7.05 Å². The molecule has 1 aliphatic carbocycles. The van der Waals surface area contributed by atoms with Gasteiger partial charge < -0.3 is 5.32 Å². The molecule has 0 bridgehead atoms. The summed E-state index contributed by atoms with van der Waals surface area (Å²) in [7, 11) is 1.49.